The van der Waals surface area contributed by atoms with E-state index in [2.05, 4.69) is 15.0 Å². The SMILES string of the molecule is O=CN(O)C(CCc1ccccn1)CS(=O)(=O)N1CCN(c2cc(Cl)ncn2)CC1. The van der Waals surface area contributed by atoms with Gasteiger partial charge in [-0.2, -0.15) is 4.31 Å². The first-order valence-electron chi connectivity index (χ1n) is 9.42. The molecule has 0 bridgehead atoms. The van der Waals surface area contributed by atoms with Gasteiger partial charge in [0.1, 0.15) is 17.3 Å². The molecule has 3 rings (SSSR count). The van der Waals surface area contributed by atoms with Crippen LogP contribution in [0.15, 0.2) is 36.8 Å². The number of nitrogens with zero attached hydrogens (tertiary/aromatic N) is 6. The summed E-state index contributed by atoms with van der Waals surface area (Å²) in [5.74, 6) is 0.275. The second-order valence-electron chi connectivity index (χ2n) is 6.86. The molecule has 1 aliphatic rings. The number of hydroxylamine groups is 2. The molecule has 12 heteroatoms. The van der Waals surface area contributed by atoms with Gasteiger partial charge < -0.3 is 4.90 Å². The highest BCUT2D eigenvalue weighted by molar-refractivity contribution is 7.89. The molecule has 1 atom stereocenters. The quantitative estimate of drug-likeness (QED) is 0.256. The average Bonchev–Trinajstić information content (AvgIpc) is 2.77. The summed E-state index contributed by atoms with van der Waals surface area (Å²) in [5, 5.41) is 10.7. The molecule has 1 aliphatic heterocycles. The van der Waals surface area contributed by atoms with Crippen molar-refractivity contribution in [3.8, 4) is 0 Å². The van der Waals surface area contributed by atoms with Gasteiger partial charge in [-0.25, -0.2) is 23.4 Å². The summed E-state index contributed by atoms with van der Waals surface area (Å²) in [6, 6.07) is 6.19. The van der Waals surface area contributed by atoms with E-state index in [4.69, 9.17) is 11.6 Å². The van der Waals surface area contributed by atoms with Crippen molar-refractivity contribution in [2.24, 2.45) is 0 Å². The van der Waals surface area contributed by atoms with Crippen molar-refractivity contribution >= 4 is 33.9 Å². The van der Waals surface area contributed by atoms with E-state index in [1.807, 2.05) is 17.0 Å². The number of hydrogen-bond acceptors (Lipinski definition) is 8. The molecule has 0 spiro atoms. The molecule has 0 radical (unpaired) electrons. The van der Waals surface area contributed by atoms with E-state index in [0.717, 1.165) is 5.69 Å². The van der Waals surface area contributed by atoms with E-state index in [9.17, 15) is 18.4 Å². The van der Waals surface area contributed by atoms with Crippen LogP contribution in [-0.2, 0) is 21.2 Å². The molecule has 2 aromatic heterocycles. The second kappa shape index (κ2) is 10.1. The van der Waals surface area contributed by atoms with Crippen molar-refractivity contribution in [3.05, 3.63) is 47.6 Å². The summed E-state index contributed by atoms with van der Waals surface area (Å²) in [6.07, 6.45) is 3.94. The minimum Gasteiger partial charge on any atom is -0.354 e. The van der Waals surface area contributed by atoms with Gasteiger partial charge in [0.2, 0.25) is 16.4 Å². The Kier molecular flexibility index (Phi) is 7.53. The summed E-state index contributed by atoms with van der Waals surface area (Å²) in [7, 11) is -3.69. The van der Waals surface area contributed by atoms with Crippen molar-refractivity contribution in [1.29, 1.82) is 0 Å². The van der Waals surface area contributed by atoms with Crippen LogP contribution in [0, 0.1) is 0 Å². The minimum atomic E-state index is -3.69. The molecule has 0 aliphatic carbocycles. The summed E-state index contributed by atoms with van der Waals surface area (Å²) in [6.45, 7) is 1.43. The van der Waals surface area contributed by atoms with Gasteiger partial charge in [0, 0.05) is 44.1 Å². The molecule has 1 saturated heterocycles. The average molecular weight is 455 g/mol. The van der Waals surface area contributed by atoms with Crippen LogP contribution in [0.3, 0.4) is 0 Å². The molecule has 30 heavy (non-hydrogen) atoms. The summed E-state index contributed by atoms with van der Waals surface area (Å²) in [5.41, 5.74) is 0.760. The Bertz CT molecular complexity index is 941. The largest absolute Gasteiger partial charge is 0.354 e. The molecule has 10 nitrogen and oxygen atoms in total. The maximum atomic E-state index is 12.9. The van der Waals surface area contributed by atoms with Gasteiger partial charge in [0.25, 0.3) is 0 Å². The maximum absolute atomic E-state index is 12.9. The molecule has 3 heterocycles. The van der Waals surface area contributed by atoms with Crippen LogP contribution in [0.4, 0.5) is 5.82 Å². The Labute approximate surface area is 180 Å². The van der Waals surface area contributed by atoms with E-state index in [1.54, 1.807) is 18.3 Å². The molecule has 1 fully saturated rings. The lowest BCUT2D eigenvalue weighted by molar-refractivity contribution is -0.158. The fraction of sp³-hybridized carbons (Fsp3) is 0.444. The predicted octanol–water partition coefficient (Wildman–Crippen LogP) is 0.826. The summed E-state index contributed by atoms with van der Waals surface area (Å²) in [4.78, 5) is 25.2. The van der Waals surface area contributed by atoms with Gasteiger partial charge >= 0.3 is 0 Å². The number of rotatable bonds is 9. The van der Waals surface area contributed by atoms with Gasteiger partial charge in [0.15, 0.2) is 0 Å². The van der Waals surface area contributed by atoms with Crippen molar-refractivity contribution in [2.75, 3.05) is 36.8 Å². The number of hydrogen-bond donors (Lipinski definition) is 1. The highest BCUT2D eigenvalue weighted by Gasteiger charge is 2.31. The first-order valence-corrected chi connectivity index (χ1v) is 11.4. The van der Waals surface area contributed by atoms with Crippen LogP contribution in [0.5, 0.6) is 0 Å². The summed E-state index contributed by atoms with van der Waals surface area (Å²) < 4.78 is 27.2. The Morgan fingerprint density at radius 2 is 1.97 bits per heavy atom. The molecule has 162 valence electrons. The number of aromatic nitrogens is 3. The smallest absolute Gasteiger partial charge is 0.233 e. The number of amides is 1. The van der Waals surface area contributed by atoms with Crippen molar-refractivity contribution < 1.29 is 18.4 Å². The lowest BCUT2D eigenvalue weighted by Crippen LogP contribution is -2.51. The highest BCUT2D eigenvalue weighted by Crippen LogP contribution is 2.19. The monoisotopic (exact) mass is 454 g/mol. The van der Waals surface area contributed by atoms with Crippen LogP contribution in [0.1, 0.15) is 12.1 Å². The first-order chi connectivity index (χ1) is 14.4. The van der Waals surface area contributed by atoms with E-state index in [-0.39, 0.29) is 31.7 Å². The minimum absolute atomic E-state index is 0.232. The lowest BCUT2D eigenvalue weighted by atomic mass is 10.1. The van der Waals surface area contributed by atoms with Crippen LogP contribution in [0.25, 0.3) is 0 Å². The highest BCUT2D eigenvalue weighted by atomic mass is 35.5. The van der Waals surface area contributed by atoms with Crippen LogP contribution < -0.4 is 4.90 Å². The van der Waals surface area contributed by atoms with Gasteiger partial charge in [-0.05, 0) is 25.0 Å². The maximum Gasteiger partial charge on any atom is 0.233 e. The van der Waals surface area contributed by atoms with E-state index < -0.39 is 16.1 Å². The number of carbonyl (C=O) groups is 1. The number of halogens is 1. The molecular weight excluding hydrogens is 432 g/mol. The third-order valence-electron chi connectivity index (χ3n) is 4.92. The zero-order valence-corrected chi connectivity index (χ0v) is 17.8. The standard InChI is InChI=1S/C18H23ClN6O4S/c19-17-11-18(22-13-21-17)23-7-9-24(10-8-23)30(28,29)12-16(25(27)14-26)5-4-15-3-1-2-6-20-15/h1-3,6,11,13-14,16,27H,4-5,7-10,12H2. The van der Waals surface area contributed by atoms with Crippen LogP contribution in [0.2, 0.25) is 5.15 Å². The van der Waals surface area contributed by atoms with Crippen molar-refractivity contribution in [3.63, 3.8) is 0 Å². The summed E-state index contributed by atoms with van der Waals surface area (Å²) >= 11 is 5.89. The van der Waals surface area contributed by atoms with Gasteiger partial charge in [-0.3, -0.25) is 15.0 Å². The Morgan fingerprint density at radius 3 is 2.60 bits per heavy atom. The van der Waals surface area contributed by atoms with Crippen LogP contribution >= 0.6 is 11.6 Å². The Hall–Kier alpha value is -2.34. The Morgan fingerprint density at radius 1 is 1.20 bits per heavy atom. The van der Waals surface area contributed by atoms with E-state index >= 15 is 0 Å². The number of sulfonamides is 1. The number of piperazine rings is 1. The van der Waals surface area contributed by atoms with E-state index in [0.29, 0.717) is 35.5 Å². The Balaban J connectivity index is 1.61. The van der Waals surface area contributed by atoms with E-state index in [1.165, 1.54) is 10.6 Å². The predicted molar refractivity (Wildman–Crippen MR) is 111 cm³/mol. The second-order valence-corrected chi connectivity index (χ2v) is 9.26. The van der Waals surface area contributed by atoms with Gasteiger partial charge in [-0.1, -0.05) is 17.7 Å². The van der Waals surface area contributed by atoms with Gasteiger partial charge in [0.05, 0.1) is 11.8 Å². The molecule has 1 unspecified atom stereocenters. The topological polar surface area (TPSA) is 120 Å². The fourth-order valence-corrected chi connectivity index (χ4v) is 5.16. The number of aryl methyl sites for hydroxylation is 1. The number of carbonyl (C=O) groups excluding carboxylic acids is 1. The third-order valence-corrected chi connectivity index (χ3v) is 7.08. The van der Waals surface area contributed by atoms with Crippen molar-refractivity contribution in [2.45, 2.75) is 18.9 Å². The normalized spacial score (nSPS) is 16.3. The fourth-order valence-electron chi connectivity index (χ4n) is 3.28. The molecule has 1 amide bonds. The van der Waals surface area contributed by atoms with Crippen LogP contribution in [-0.4, -0.2) is 82.3 Å². The molecular formula is C18H23ClN6O4S. The molecule has 0 saturated carbocycles. The molecule has 0 aromatic carbocycles. The lowest BCUT2D eigenvalue weighted by Gasteiger charge is -2.35. The molecule has 2 aromatic rings. The molecule has 1 N–H and O–H groups in total. The van der Waals surface area contributed by atoms with Gasteiger partial charge in [-0.15, -0.1) is 0 Å². The first kappa shape index (κ1) is 22.3. The number of pyridine rings is 1. The number of anilines is 1. The zero-order chi connectivity index (χ0) is 21.6. The zero-order valence-electron chi connectivity index (χ0n) is 16.2. The van der Waals surface area contributed by atoms with Crippen molar-refractivity contribution in [1.82, 2.24) is 24.3 Å². The third kappa shape index (κ3) is 5.85.